The van der Waals surface area contributed by atoms with Crippen LogP contribution in [0.3, 0.4) is 0 Å². The van der Waals surface area contributed by atoms with Gasteiger partial charge in [0.15, 0.2) is 0 Å². The van der Waals surface area contributed by atoms with Gasteiger partial charge in [-0.25, -0.2) is 10.4 Å². The minimum atomic E-state index is -0.738. The molecular formula is C9H13N3O3. The summed E-state index contributed by atoms with van der Waals surface area (Å²) in [5.74, 6) is -1.69. The highest BCUT2D eigenvalue weighted by Gasteiger charge is 2.29. The summed E-state index contributed by atoms with van der Waals surface area (Å²) >= 11 is 0. The third-order valence-corrected chi connectivity index (χ3v) is 2.05. The van der Waals surface area contributed by atoms with Crippen LogP contribution in [0.2, 0.25) is 0 Å². The van der Waals surface area contributed by atoms with Crippen molar-refractivity contribution in [3.63, 3.8) is 0 Å². The number of imide groups is 1. The second kappa shape index (κ2) is 4.22. The molecule has 0 aromatic rings. The molecule has 1 heterocycles. The highest BCUT2D eigenvalue weighted by atomic mass is 16.2. The zero-order valence-electron chi connectivity index (χ0n) is 8.56. The number of carbonyl (C=O) groups excluding carboxylic acids is 3. The van der Waals surface area contributed by atoms with Crippen molar-refractivity contribution in [1.82, 2.24) is 10.4 Å². The van der Waals surface area contributed by atoms with Crippen LogP contribution >= 0.6 is 0 Å². The van der Waals surface area contributed by atoms with Gasteiger partial charge in [0, 0.05) is 12.2 Å². The van der Waals surface area contributed by atoms with Gasteiger partial charge < -0.3 is 5.73 Å². The monoisotopic (exact) mass is 211 g/mol. The molecule has 0 fully saturated rings. The zero-order valence-corrected chi connectivity index (χ0v) is 8.56. The Morgan fingerprint density at radius 1 is 1.33 bits per heavy atom. The molecule has 0 aromatic carbocycles. The molecule has 1 aliphatic rings. The Morgan fingerprint density at radius 3 is 2.13 bits per heavy atom. The molecule has 0 saturated carbocycles. The smallest absolute Gasteiger partial charge is 0.268 e. The maximum absolute atomic E-state index is 11.2. The van der Waals surface area contributed by atoms with E-state index in [9.17, 15) is 14.4 Å². The first-order valence-corrected chi connectivity index (χ1v) is 4.55. The fourth-order valence-electron chi connectivity index (χ4n) is 1.21. The van der Waals surface area contributed by atoms with E-state index >= 15 is 0 Å². The van der Waals surface area contributed by atoms with Gasteiger partial charge in [-0.1, -0.05) is 13.8 Å². The van der Waals surface area contributed by atoms with Gasteiger partial charge in [-0.05, 0) is 5.92 Å². The van der Waals surface area contributed by atoms with Gasteiger partial charge in [-0.2, -0.15) is 0 Å². The van der Waals surface area contributed by atoms with Gasteiger partial charge in [-0.3, -0.25) is 14.4 Å². The Morgan fingerprint density at radius 2 is 1.80 bits per heavy atom. The quantitative estimate of drug-likeness (QED) is 0.579. The summed E-state index contributed by atoms with van der Waals surface area (Å²) in [5.41, 5.74) is 7.65. The SMILES string of the molecule is CC(C)[C@H](NN1C(=O)C=CC1=O)C(N)=O. The van der Waals surface area contributed by atoms with E-state index < -0.39 is 23.8 Å². The lowest BCUT2D eigenvalue weighted by Gasteiger charge is -2.24. The fourth-order valence-corrected chi connectivity index (χ4v) is 1.21. The summed E-state index contributed by atoms with van der Waals surface area (Å²) < 4.78 is 0. The van der Waals surface area contributed by atoms with Crippen molar-refractivity contribution in [2.75, 3.05) is 0 Å². The number of carbonyl (C=O) groups is 3. The van der Waals surface area contributed by atoms with E-state index in [-0.39, 0.29) is 5.92 Å². The molecule has 1 aliphatic heterocycles. The van der Waals surface area contributed by atoms with Crippen molar-refractivity contribution in [2.24, 2.45) is 11.7 Å². The van der Waals surface area contributed by atoms with Crippen molar-refractivity contribution >= 4 is 17.7 Å². The van der Waals surface area contributed by atoms with Gasteiger partial charge in [0.05, 0.1) is 0 Å². The van der Waals surface area contributed by atoms with E-state index in [2.05, 4.69) is 5.43 Å². The summed E-state index contributed by atoms with van der Waals surface area (Å²) in [5, 5.41) is 0.787. The van der Waals surface area contributed by atoms with Crippen molar-refractivity contribution < 1.29 is 14.4 Å². The Hall–Kier alpha value is -1.69. The van der Waals surface area contributed by atoms with Crippen LogP contribution in [-0.2, 0) is 14.4 Å². The van der Waals surface area contributed by atoms with Crippen LogP contribution in [0.25, 0.3) is 0 Å². The molecule has 82 valence electrons. The topological polar surface area (TPSA) is 92.5 Å². The minimum Gasteiger partial charge on any atom is -0.368 e. The molecule has 6 nitrogen and oxygen atoms in total. The predicted molar refractivity (Wildman–Crippen MR) is 51.9 cm³/mol. The van der Waals surface area contributed by atoms with Crippen LogP contribution in [0.4, 0.5) is 0 Å². The first-order chi connectivity index (χ1) is 6.93. The van der Waals surface area contributed by atoms with Gasteiger partial charge in [0.1, 0.15) is 6.04 Å². The minimum absolute atomic E-state index is 0.108. The standard InChI is InChI=1S/C9H13N3O3/c1-5(2)8(9(10)15)11-12-6(13)3-4-7(12)14/h3-5,8,11H,1-2H3,(H2,10,15)/t8-/m0/s1. The number of amides is 3. The lowest BCUT2D eigenvalue weighted by molar-refractivity contribution is -0.142. The van der Waals surface area contributed by atoms with E-state index in [1.54, 1.807) is 13.8 Å². The van der Waals surface area contributed by atoms with Gasteiger partial charge >= 0.3 is 0 Å². The molecule has 3 amide bonds. The van der Waals surface area contributed by atoms with Gasteiger partial charge in [0.25, 0.3) is 11.8 Å². The molecule has 15 heavy (non-hydrogen) atoms. The highest BCUT2D eigenvalue weighted by Crippen LogP contribution is 2.06. The molecule has 0 saturated heterocycles. The molecule has 0 radical (unpaired) electrons. The molecule has 1 rings (SSSR count). The number of nitrogens with one attached hydrogen (secondary N) is 1. The van der Waals surface area contributed by atoms with E-state index in [4.69, 9.17) is 5.73 Å². The normalized spacial score (nSPS) is 17.7. The zero-order chi connectivity index (χ0) is 11.6. The van der Waals surface area contributed by atoms with E-state index in [0.29, 0.717) is 0 Å². The Labute approximate surface area is 87.1 Å². The van der Waals surface area contributed by atoms with E-state index in [1.165, 1.54) is 0 Å². The average Bonchev–Trinajstić information content (AvgIpc) is 2.42. The van der Waals surface area contributed by atoms with Crippen LogP contribution in [-0.4, -0.2) is 28.8 Å². The number of rotatable bonds is 4. The van der Waals surface area contributed by atoms with Crippen molar-refractivity contribution in [3.05, 3.63) is 12.2 Å². The Kier molecular flexibility index (Phi) is 3.21. The molecule has 0 spiro atoms. The molecule has 1 atom stereocenters. The fraction of sp³-hybridized carbons (Fsp3) is 0.444. The number of hydrazine groups is 1. The molecule has 0 unspecified atom stereocenters. The lowest BCUT2D eigenvalue weighted by atomic mass is 10.1. The number of nitrogens with zero attached hydrogens (tertiary/aromatic N) is 1. The average molecular weight is 211 g/mol. The second-order valence-electron chi connectivity index (χ2n) is 3.60. The largest absolute Gasteiger partial charge is 0.368 e. The molecule has 0 bridgehead atoms. The second-order valence-corrected chi connectivity index (χ2v) is 3.60. The lowest BCUT2D eigenvalue weighted by Crippen LogP contribution is -2.55. The highest BCUT2D eigenvalue weighted by molar-refractivity contribution is 6.12. The Bertz CT molecular complexity index is 317. The maximum atomic E-state index is 11.2. The van der Waals surface area contributed by atoms with E-state index in [1.807, 2.05) is 0 Å². The number of hydrogen-bond acceptors (Lipinski definition) is 4. The van der Waals surface area contributed by atoms with Gasteiger partial charge in [0.2, 0.25) is 5.91 Å². The van der Waals surface area contributed by atoms with Crippen LogP contribution in [0, 0.1) is 5.92 Å². The van der Waals surface area contributed by atoms with Crippen LogP contribution in [0.1, 0.15) is 13.8 Å². The third kappa shape index (κ3) is 2.41. The molecule has 0 aliphatic carbocycles. The third-order valence-electron chi connectivity index (χ3n) is 2.05. The first-order valence-electron chi connectivity index (χ1n) is 4.55. The summed E-state index contributed by atoms with van der Waals surface area (Å²) in [4.78, 5) is 33.4. The molecule has 0 aromatic heterocycles. The van der Waals surface area contributed by atoms with Crippen molar-refractivity contribution in [1.29, 1.82) is 0 Å². The molecular weight excluding hydrogens is 198 g/mol. The summed E-state index contributed by atoms with van der Waals surface area (Å²) in [6.45, 7) is 3.53. The summed E-state index contributed by atoms with van der Waals surface area (Å²) in [7, 11) is 0. The number of hydrogen-bond donors (Lipinski definition) is 2. The maximum Gasteiger partial charge on any atom is 0.268 e. The van der Waals surface area contributed by atoms with Crippen LogP contribution in [0.15, 0.2) is 12.2 Å². The molecule has 6 heteroatoms. The van der Waals surface area contributed by atoms with Crippen molar-refractivity contribution in [2.45, 2.75) is 19.9 Å². The number of nitrogens with two attached hydrogens (primary N) is 1. The first kappa shape index (κ1) is 11.4. The number of primary amides is 1. The van der Waals surface area contributed by atoms with Crippen LogP contribution < -0.4 is 11.2 Å². The summed E-state index contributed by atoms with van der Waals surface area (Å²) in [6.07, 6.45) is 2.27. The van der Waals surface area contributed by atoms with Crippen molar-refractivity contribution in [3.8, 4) is 0 Å². The summed E-state index contributed by atoms with van der Waals surface area (Å²) in [6, 6.07) is -0.738. The van der Waals surface area contributed by atoms with E-state index in [0.717, 1.165) is 17.2 Å². The van der Waals surface area contributed by atoms with Gasteiger partial charge in [-0.15, -0.1) is 0 Å². The van der Waals surface area contributed by atoms with Crippen LogP contribution in [0.5, 0.6) is 0 Å². The Balaban J connectivity index is 2.71. The predicted octanol–water partition coefficient (Wildman–Crippen LogP) is -1.07. The molecule has 3 N–H and O–H groups in total.